The lowest BCUT2D eigenvalue weighted by molar-refractivity contribution is -0.383. The highest BCUT2D eigenvalue weighted by atomic mass is 16.6. The minimum Gasteiger partial charge on any atom is -0.360 e. The van der Waals surface area contributed by atoms with Gasteiger partial charge in [-0.2, -0.15) is 0 Å². The maximum atomic E-state index is 11.8. The Morgan fingerprint density at radius 1 is 1.17 bits per heavy atom. The second kappa shape index (κ2) is 8.23. The molecule has 1 aromatic carbocycles. The normalized spacial score (nSPS) is 14.7. The van der Waals surface area contributed by atoms with Gasteiger partial charge in [-0.05, 0) is 12.5 Å². The largest absolute Gasteiger partial charge is 0.360 e. The van der Waals surface area contributed by atoms with Crippen LogP contribution < -0.4 is 10.2 Å². The molecule has 0 radical (unpaired) electrons. The van der Waals surface area contributed by atoms with Crippen LogP contribution in [0.4, 0.5) is 23.1 Å². The van der Waals surface area contributed by atoms with Gasteiger partial charge in [0.15, 0.2) is 5.82 Å². The number of piperazine rings is 1. The number of aromatic nitrogens is 3. The number of rotatable bonds is 6. The van der Waals surface area contributed by atoms with Crippen molar-refractivity contribution >= 4 is 23.1 Å². The van der Waals surface area contributed by atoms with Crippen LogP contribution in [-0.2, 0) is 6.54 Å². The van der Waals surface area contributed by atoms with Crippen molar-refractivity contribution in [3.63, 3.8) is 0 Å². The van der Waals surface area contributed by atoms with Crippen LogP contribution in [0.2, 0.25) is 0 Å². The van der Waals surface area contributed by atoms with Gasteiger partial charge in [-0.3, -0.25) is 15.0 Å². The van der Waals surface area contributed by atoms with E-state index in [4.69, 9.17) is 4.52 Å². The molecule has 0 amide bonds. The lowest BCUT2D eigenvalue weighted by Gasteiger charge is -2.35. The Labute approximate surface area is 167 Å². The lowest BCUT2D eigenvalue weighted by Crippen LogP contribution is -2.46. The molecule has 10 nitrogen and oxygen atoms in total. The maximum Gasteiger partial charge on any atom is 0.353 e. The number of nitrogens with one attached hydrogen (secondary N) is 1. The Bertz CT molecular complexity index is 984. The minimum atomic E-state index is -0.457. The van der Waals surface area contributed by atoms with Crippen LogP contribution in [0.3, 0.4) is 0 Å². The van der Waals surface area contributed by atoms with Gasteiger partial charge in [0.1, 0.15) is 12.1 Å². The van der Waals surface area contributed by atoms with E-state index in [1.807, 2.05) is 23.1 Å². The summed E-state index contributed by atoms with van der Waals surface area (Å²) in [6.45, 7) is 5.48. The molecule has 1 fully saturated rings. The molecule has 0 atom stereocenters. The predicted molar refractivity (Wildman–Crippen MR) is 107 cm³/mol. The van der Waals surface area contributed by atoms with Crippen molar-refractivity contribution in [2.75, 3.05) is 36.4 Å². The van der Waals surface area contributed by atoms with Crippen LogP contribution in [0.1, 0.15) is 11.3 Å². The molecule has 0 aliphatic carbocycles. The summed E-state index contributed by atoms with van der Waals surface area (Å²) < 4.78 is 5.00. The van der Waals surface area contributed by atoms with Crippen LogP contribution in [0, 0.1) is 17.0 Å². The number of anilines is 3. The van der Waals surface area contributed by atoms with Crippen LogP contribution in [0.25, 0.3) is 0 Å². The molecule has 10 heteroatoms. The van der Waals surface area contributed by atoms with Crippen molar-refractivity contribution in [2.45, 2.75) is 13.5 Å². The number of nitro groups is 1. The second-order valence-electron chi connectivity index (χ2n) is 6.85. The van der Waals surface area contributed by atoms with E-state index in [1.54, 1.807) is 13.0 Å². The average molecular weight is 395 g/mol. The zero-order valence-electron chi connectivity index (χ0n) is 16.0. The molecule has 0 saturated carbocycles. The molecule has 3 aromatic rings. The third kappa shape index (κ3) is 4.32. The molecular formula is C19H21N7O3. The fourth-order valence-corrected chi connectivity index (χ4v) is 3.37. The number of nitrogens with zero attached hydrogens (tertiary/aromatic N) is 6. The molecule has 29 heavy (non-hydrogen) atoms. The van der Waals surface area contributed by atoms with Gasteiger partial charge in [-0.25, -0.2) is 9.97 Å². The molecule has 0 bridgehead atoms. The smallest absolute Gasteiger partial charge is 0.353 e. The summed E-state index contributed by atoms with van der Waals surface area (Å²) >= 11 is 0. The van der Waals surface area contributed by atoms with Gasteiger partial charge < -0.3 is 14.7 Å². The summed E-state index contributed by atoms with van der Waals surface area (Å²) in [6.07, 6.45) is 1.33. The van der Waals surface area contributed by atoms with Crippen molar-refractivity contribution in [3.8, 4) is 0 Å². The van der Waals surface area contributed by atoms with E-state index in [-0.39, 0.29) is 11.5 Å². The molecule has 4 rings (SSSR count). The Morgan fingerprint density at radius 3 is 2.59 bits per heavy atom. The molecule has 1 aliphatic heterocycles. The van der Waals surface area contributed by atoms with E-state index in [9.17, 15) is 10.1 Å². The van der Waals surface area contributed by atoms with Crippen LogP contribution in [0.5, 0.6) is 0 Å². The first-order valence-corrected chi connectivity index (χ1v) is 9.31. The fraction of sp³-hybridized carbons (Fsp3) is 0.316. The maximum absolute atomic E-state index is 11.8. The molecule has 1 N–H and O–H groups in total. The lowest BCUT2D eigenvalue weighted by atomic mass is 10.2. The summed E-state index contributed by atoms with van der Waals surface area (Å²) in [5, 5.41) is 18.5. The first kappa shape index (κ1) is 18.8. The molecule has 3 heterocycles. The number of hydrogen-bond acceptors (Lipinski definition) is 9. The highest BCUT2D eigenvalue weighted by Gasteiger charge is 2.29. The summed E-state index contributed by atoms with van der Waals surface area (Å²) in [7, 11) is 0. The Balaban J connectivity index is 1.49. The monoisotopic (exact) mass is 395 g/mol. The van der Waals surface area contributed by atoms with Gasteiger partial charge in [-0.15, -0.1) is 0 Å². The van der Waals surface area contributed by atoms with E-state index >= 15 is 0 Å². The first-order valence-electron chi connectivity index (χ1n) is 9.31. The predicted octanol–water partition coefficient (Wildman–Crippen LogP) is 2.75. The zero-order chi connectivity index (χ0) is 20.2. The van der Waals surface area contributed by atoms with Crippen molar-refractivity contribution in [3.05, 3.63) is 64.2 Å². The molecule has 2 aromatic heterocycles. The van der Waals surface area contributed by atoms with Gasteiger partial charge in [0, 0.05) is 38.8 Å². The third-order valence-electron chi connectivity index (χ3n) is 4.78. The number of hydrogen-bond donors (Lipinski definition) is 1. The van der Waals surface area contributed by atoms with Gasteiger partial charge in [0.05, 0.1) is 4.92 Å². The van der Waals surface area contributed by atoms with E-state index in [1.165, 1.54) is 11.9 Å². The second-order valence-corrected chi connectivity index (χ2v) is 6.85. The van der Waals surface area contributed by atoms with Crippen molar-refractivity contribution < 1.29 is 9.45 Å². The Hall–Kier alpha value is -3.53. The van der Waals surface area contributed by atoms with Crippen LogP contribution >= 0.6 is 0 Å². The molecular weight excluding hydrogens is 374 g/mol. The van der Waals surface area contributed by atoms with Gasteiger partial charge in [0.2, 0.25) is 11.6 Å². The van der Waals surface area contributed by atoms with Crippen molar-refractivity contribution in [2.24, 2.45) is 0 Å². The average Bonchev–Trinajstić information content (AvgIpc) is 3.13. The van der Waals surface area contributed by atoms with Gasteiger partial charge in [0.25, 0.3) is 0 Å². The molecule has 1 aliphatic rings. The van der Waals surface area contributed by atoms with Crippen molar-refractivity contribution in [1.82, 2.24) is 20.0 Å². The molecule has 150 valence electrons. The molecule has 1 saturated heterocycles. The summed E-state index contributed by atoms with van der Waals surface area (Å²) in [5.74, 6) is 1.37. The summed E-state index contributed by atoms with van der Waals surface area (Å²) in [6, 6.07) is 11.9. The summed E-state index contributed by atoms with van der Waals surface area (Å²) in [5.41, 5.74) is 1.09. The standard InChI is InChI=1S/C19H21N7O3/c1-14-11-16(23-29-14)22-18-17(26(27)28)19(21-13-20-18)25-9-7-24(8-10-25)12-15-5-3-2-4-6-15/h2-6,11,13H,7-10,12H2,1H3,(H,20,21,22,23). The zero-order valence-corrected chi connectivity index (χ0v) is 16.0. The minimum absolute atomic E-state index is 0.0972. The number of benzene rings is 1. The highest BCUT2D eigenvalue weighted by Crippen LogP contribution is 2.33. The van der Waals surface area contributed by atoms with Crippen molar-refractivity contribution in [1.29, 1.82) is 0 Å². The quantitative estimate of drug-likeness (QED) is 0.497. The van der Waals surface area contributed by atoms with E-state index in [0.29, 0.717) is 30.5 Å². The van der Waals surface area contributed by atoms with E-state index in [0.717, 1.165) is 19.6 Å². The van der Waals surface area contributed by atoms with Gasteiger partial charge >= 0.3 is 5.69 Å². The molecule has 0 spiro atoms. The highest BCUT2D eigenvalue weighted by molar-refractivity contribution is 5.73. The Kier molecular flexibility index (Phi) is 5.34. The topological polar surface area (TPSA) is 113 Å². The van der Waals surface area contributed by atoms with Crippen LogP contribution in [0.15, 0.2) is 47.2 Å². The third-order valence-corrected chi connectivity index (χ3v) is 4.78. The van der Waals surface area contributed by atoms with Crippen LogP contribution in [-0.4, -0.2) is 51.1 Å². The summed E-state index contributed by atoms with van der Waals surface area (Å²) in [4.78, 5) is 23.9. The first-order chi connectivity index (χ1) is 14.1. The van der Waals surface area contributed by atoms with E-state index in [2.05, 4.69) is 37.5 Å². The Morgan fingerprint density at radius 2 is 1.93 bits per heavy atom. The van der Waals surface area contributed by atoms with E-state index < -0.39 is 4.92 Å². The fourth-order valence-electron chi connectivity index (χ4n) is 3.37. The SMILES string of the molecule is Cc1cc(Nc2ncnc(N3CCN(Cc4ccccc4)CC3)c2[N+](=O)[O-])no1. The van der Waals surface area contributed by atoms with Gasteiger partial charge in [-0.1, -0.05) is 35.5 Å². The molecule has 0 unspecified atom stereocenters. The number of aryl methyl sites for hydroxylation is 1.